The zero-order valence-electron chi connectivity index (χ0n) is 9.45. The molecule has 0 aliphatic heterocycles. The van der Waals surface area contributed by atoms with Crippen molar-refractivity contribution in [3.8, 4) is 5.88 Å². The largest absolute Gasteiger partial charge is 0.476 e. The van der Waals surface area contributed by atoms with E-state index in [4.69, 9.17) is 4.74 Å². The normalized spacial score (nSPS) is 10.6. The first-order valence-electron chi connectivity index (χ1n) is 5.43. The number of hydrogen-bond donors (Lipinski definition) is 2. The molecule has 2 aromatic heterocycles. The Labute approximate surface area is 93.5 Å². The topological polar surface area (TPSA) is 75.7 Å². The molecule has 0 unspecified atom stereocenters. The molecule has 6 heteroatoms. The van der Waals surface area contributed by atoms with Gasteiger partial charge in [-0.3, -0.25) is 0 Å². The summed E-state index contributed by atoms with van der Waals surface area (Å²) < 4.78 is 5.55. The van der Waals surface area contributed by atoms with Crippen LogP contribution >= 0.6 is 0 Å². The van der Waals surface area contributed by atoms with Gasteiger partial charge in [0.15, 0.2) is 5.65 Å². The Bertz CT molecular complexity index is 467. The quantitative estimate of drug-likeness (QED) is 0.801. The molecule has 16 heavy (non-hydrogen) atoms. The summed E-state index contributed by atoms with van der Waals surface area (Å²) in [6.45, 7) is 5.45. The molecule has 0 aromatic carbocycles. The number of rotatable bonds is 5. The zero-order chi connectivity index (χ0) is 11.4. The molecule has 0 spiro atoms. The third-order valence-electron chi connectivity index (χ3n) is 2.03. The van der Waals surface area contributed by atoms with Crippen LogP contribution in [0.3, 0.4) is 0 Å². The highest BCUT2D eigenvalue weighted by atomic mass is 16.5. The molecule has 0 amide bonds. The van der Waals surface area contributed by atoms with E-state index in [1.165, 1.54) is 0 Å². The average Bonchev–Trinajstić information content (AvgIpc) is 2.74. The first-order chi connectivity index (χ1) is 7.85. The summed E-state index contributed by atoms with van der Waals surface area (Å²) in [5.74, 6) is 1.11. The van der Waals surface area contributed by atoms with Crippen LogP contribution in [0, 0.1) is 0 Å². The van der Waals surface area contributed by atoms with Gasteiger partial charge in [0.05, 0.1) is 12.9 Å². The van der Waals surface area contributed by atoms with E-state index in [1.807, 2.05) is 6.92 Å². The van der Waals surface area contributed by atoms with E-state index in [-0.39, 0.29) is 0 Å². The fourth-order valence-electron chi connectivity index (χ4n) is 1.35. The highest BCUT2D eigenvalue weighted by Gasteiger charge is 2.10. The van der Waals surface area contributed by atoms with E-state index >= 15 is 0 Å². The first kappa shape index (κ1) is 10.7. The molecule has 0 saturated carbocycles. The number of nitrogens with one attached hydrogen (secondary N) is 2. The van der Waals surface area contributed by atoms with Crippen LogP contribution in [-0.2, 0) is 0 Å². The zero-order valence-corrected chi connectivity index (χ0v) is 9.45. The lowest BCUT2D eigenvalue weighted by molar-refractivity contribution is 0.309. The van der Waals surface area contributed by atoms with Crippen molar-refractivity contribution in [3.63, 3.8) is 0 Å². The van der Waals surface area contributed by atoms with Gasteiger partial charge in [0.2, 0.25) is 11.8 Å². The third kappa shape index (κ3) is 2.05. The van der Waals surface area contributed by atoms with Crippen LogP contribution in [0.4, 0.5) is 5.95 Å². The van der Waals surface area contributed by atoms with Crippen LogP contribution in [-0.4, -0.2) is 33.1 Å². The summed E-state index contributed by atoms with van der Waals surface area (Å²) in [4.78, 5) is 15.6. The summed E-state index contributed by atoms with van der Waals surface area (Å²) in [5.41, 5.74) is 1.37. The molecular weight excluding hydrogens is 206 g/mol. The van der Waals surface area contributed by atoms with Gasteiger partial charge in [0.25, 0.3) is 0 Å². The van der Waals surface area contributed by atoms with Crippen LogP contribution in [0.2, 0.25) is 0 Å². The van der Waals surface area contributed by atoms with Crippen molar-refractivity contribution in [1.82, 2.24) is 19.9 Å². The maximum absolute atomic E-state index is 5.55. The molecule has 0 bridgehead atoms. The Hall–Kier alpha value is -1.85. The summed E-state index contributed by atoms with van der Waals surface area (Å²) in [5, 5.41) is 3.05. The molecule has 2 N–H and O–H groups in total. The van der Waals surface area contributed by atoms with Crippen LogP contribution in [0.5, 0.6) is 5.88 Å². The Morgan fingerprint density at radius 2 is 2.25 bits per heavy atom. The average molecular weight is 221 g/mol. The van der Waals surface area contributed by atoms with Gasteiger partial charge in [-0.05, 0) is 13.3 Å². The second-order valence-electron chi connectivity index (χ2n) is 3.33. The molecule has 0 radical (unpaired) electrons. The SMILES string of the molecule is CCCOc1nc(NCC)nc2nc[nH]c12. The maximum Gasteiger partial charge on any atom is 0.245 e. The third-order valence-corrected chi connectivity index (χ3v) is 2.03. The van der Waals surface area contributed by atoms with Crippen molar-refractivity contribution in [2.75, 3.05) is 18.5 Å². The molecule has 86 valence electrons. The fourth-order valence-corrected chi connectivity index (χ4v) is 1.35. The van der Waals surface area contributed by atoms with E-state index in [0.29, 0.717) is 24.1 Å². The number of ether oxygens (including phenoxy) is 1. The number of aromatic nitrogens is 4. The molecule has 0 fully saturated rings. The van der Waals surface area contributed by atoms with Gasteiger partial charge in [0, 0.05) is 6.54 Å². The number of nitrogens with zero attached hydrogens (tertiary/aromatic N) is 3. The molecule has 0 atom stereocenters. The van der Waals surface area contributed by atoms with Gasteiger partial charge < -0.3 is 15.0 Å². The lowest BCUT2D eigenvalue weighted by Crippen LogP contribution is -2.05. The number of aromatic amines is 1. The van der Waals surface area contributed by atoms with Gasteiger partial charge in [-0.15, -0.1) is 0 Å². The number of H-pyrrole nitrogens is 1. The number of fused-ring (bicyclic) bond motifs is 1. The Kier molecular flexibility index (Phi) is 3.19. The Balaban J connectivity index is 2.38. The summed E-state index contributed by atoms with van der Waals surface area (Å²) in [7, 11) is 0. The van der Waals surface area contributed by atoms with Crippen molar-refractivity contribution in [2.45, 2.75) is 20.3 Å². The summed E-state index contributed by atoms with van der Waals surface area (Å²) in [6, 6.07) is 0. The summed E-state index contributed by atoms with van der Waals surface area (Å²) >= 11 is 0. The van der Waals surface area contributed by atoms with Crippen molar-refractivity contribution in [3.05, 3.63) is 6.33 Å². The molecule has 2 aromatic rings. The van der Waals surface area contributed by atoms with E-state index in [2.05, 4.69) is 32.2 Å². The fraction of sp³-hybridized carbons (Fsp3) is 0.500. The predicted molar refractivity (Wildman–Crippen MR) is 61.6 cm³/mol. The lowest BCUT2D eigenvalue weighted by Gasteiger charge is -2.06. The van der Waals surface area contributed by atoms with Crippen LogP contribution in [0.15, 0.2) is 6.33 Å². The van der Waals surface area contributed by atoms with Gasteiger partial charge in [-0.25, -0.2) is 4.98 Å². The predicted octanol–water partition coefficient (Wildman–Crippen LogP) is 1.57. The van der Waals surface area contributed by atoms with Gasteiger partial charge in [-0.2, -0.15) is 9.97 Å². The van der Waals surface area contributed by atoms with Crippen LogP contribution in [0.1, 0.15) is 20.3 Å². The van der Waals surface area contributed by atoms with Crippen molar-refractivity contribution >= 4 is 17.1 Å². The molecule has 2 heterocycles. The van der Waals surface area contributed by atoms with Crippen molar-refractivity contribution in [2.24, 2.45) is 0 Å². The molecule has 2 rings (SSSR count). The van der Waals surface area contributed by atoms with Gasteiger partial charge in [-0.1, -0.05) is 6.92 Å². The minimum absolute atomic E-state index is 0.549. The minimum atomic E-state index is 0.549. The van der Waals surface area contributed by atoms with Crippen molar-refractivity contribution < 1.29 is 4.74 Å². The van der Waals surface area contributed by atoms with Crippen molar-refractivity contribution in [1.29, 1.82) is 0 Å². The second kappa shape index (κ2) is 4.78. The summed E-state index contributed by atoms with van der Waals surface area (Å²) in [6.07, 6.45) is 2.53. The van der Waals surface area contributed by atoms with Gasteiger partial charge in [0.1, 0.15) is 5.52 Å². The maximum atomic E-state index is 5.55. The Morgan fingerprint density at radius 1 is 1.38 bits per heavy atom. The standard InChI is InChI=1S/C10H15N5O/c1-3-5-16-9-7-8(13-6-12-7)14-10(15-9)11-4-2/h6H,3-5H2,1-2H3,(H2,11,12,13,14,15). The monoisotopic (exact) mass is 221 g/mol. The van der Waals surface area contributed by atoms with E-state index in [9.17, 15) is 0 Å². The highest BCUT2D eigenvalue weighted by Crippen LogP contribution is 2.20. The molecule has 6 nitrogen and oxygen atoms in total. The molecule has 0 aliphatic carbocycles. The number of anilines is 1. The Morgan fingerprint density at radius 3 is 3.00 bits per heavy atom. The molecular formula is C10H15N5O. The van der Waals surface area contributed by atoms with Gasteiger partial charge >= 0.3 is 0 Å². The van der Waals surface area contributed by atoms with E-state index < -0.39 is 0 Å². The second-order valence-corrected chi connectivity index (χ2v) is 3.33. The van der Waals surface area contributed by atoms with E-state index in [0.717, 1.165) is 18.5 Å². The number of hydrogen-bond acceptors (Lipinski definition) is 5. The minimum Gasteiger partial charge on any atom is -0.476 e. The molecule has 0 saturated heterocycles. The number of imidazole rings is 1. The lowest BCUT2D eigenvalue weighted by atomic mass is 10.5. The van der Waals surface area contributed by atoms with Crippen LogP contribution in [0.25, 0.3) is 11.2 Å². The first-order valence-corrected chi connectivity index (χ1v) is 5.43. The van der Waals surface area contributed by atoms with Crippen LogP contribution < -0.4 is 10.1 Å². The highest BCUT2D eigenvalue weighted by molar-refractivity contribution is 5.76. The molecule has 0 aliphatic rings. The van der Waals surface area contributed by atoms with E-state index in [1.54, 1.807) is 6.33 Å². The smallest absolute Gasteiger partial charge is 0.245 e.